The van der Waals surface area contributed by atoms with E-state index in [1.54, 1.807) is 121 Å². The molecule has 0 aliphatic carbocycles. The fourth-order valence-electron chi connectivity index (χ4n) is 14.1. The van der Waals surface area contributed by atoms with Crippen molar-refractivity contribution in [2.24, 2.45) is 10.8 Å². The first-order valence-electron chi connectivity index (χ1n) is 48.9. The van der Waals surface area contributed by atoms with Crippen molar-refractivity contribution in [3.8, 4) is 5.75 Å². The first kappa shape index (κ1) is 119. The summed E-state index contributed by atoms with van der Waals surface area (Å²) in [5.74, 6) is -2.90. The topological polar surface area (TPSA) is 255 Å². The van der Waals surface area contributed by atoms with Gasteiger partial charge in [-0.2, -0.15) is 0 Å². The number of rotatable bonds is 58. The van der Waals surface area contributed by atoms with Gasteiger partial charge < -0.3 is 38.5 Å². The Morgan fingerprint density at radius 3 is 0.978 bits per heavy atom. The van der Waals surface area contributed by atoms with Crippen LogP contribution in [-0.4, -0.2) is 150 Å². The van der Waals surface area contributed by atoms with Gasteiger partial charge in [-0.05, 0) is 222 Å². The second kappa shape index (κ2) is 66.0. The summed E-state index contributed by atoms with van der Waals surface area (Å²) < 4.78 is 128. The molecule has 0 N–H and O–H groups in total. The standard InChI is InChI=1S/C39H53NO4S.C25H39NO4S.2C23H35NO4S/c1-9-11-24-40(25-12-10-2)26-16-21-36(45(42,43)35-20-15-18-31-17-13-14-19-33(31)35)37(41)44-34-23-22-30(28-38(3,4)5)27-32(34)29-39(6,7)8;1-4-5-6-7-8-9-10-11-12-16-22-30-25(27)24(20-17-21-26(2)3)31(28,29)23-18-14-13-15-19-23;2*1-4-7-8-9-10-14-20-28-23(25)22(18-15-19-24(5-2)6-3)29(26,27)21-16-12-11-13-17-21/h13-23,26-27H,9-12,24-25,28-29H2,1-8H3;13-15,17-21H,4-12,16,22H2,1-3H3;2*11-13,15-19H,4-10,14,20H2,1-3H3/b26-16+,36-21-;21-17+,24-20-;2*19-15+,22-18-. The van der Waals surface area contributed by atoms with Gasteiger partial charge in [-0.3, -0.25) is 0 Å². The Morgan fingerprint density at radius 2 is 0.634 bits per heavy atom. The van der Waals surface area contributed by atoms with E-state index in [0.29, 0.717) is 17.6 Å². The van der Waals surface area contributed by atoms with Crippen molar-refractivity contribution < 1.29 is 71.8 Å². The Balaban J connectivity index is 0.000000470. The molecule has 0 spiro atoms. The zero-order valence-corrected chi connectivity index (χ0v) is 87.2. The zero-order chi connectivity index (χ0) is 99.3. The molecule has 0 saturated heterocycles. The Labute approximate surface area is 808 Å². The van der Waals surface area contributed by atoms with E-state index in [2.05, 4.69) is 87.1 Å². The molecule has 0 saturated carbocycles. The largest absolute Gasteiger partial charge is 0.462 e. The first-order valence-corrected chi connectivity index (χ1v) is 54.8. The average Bonchev–Trinajstić information content (AvgIpc) is 0.788. The van der Waals surface area contributed by atoms with Crippen LogP contribution in [0.5, 0.6) is 5.75 Å². The molecule has 6 rings (SSSR count). The third-order valence-electron chi connectivity index (χ3n) is 21.6. The summed E-state index contributed by atoms with van der Waals surface area (Å²) in [6, 6.07) is 42.3. The number of hydrogen-bond donors (Lipinski definition) is 0. The van der Waals surface area contributed by atoms with E-state index < -0.39 is 63.2 Å². The molecule has 24 heteroatoms. The Bertz CT molecular complexity index is 4990. The number of sulfone groups is 4. The van der Waals surface area contributed by atoms with E-state index in [-0.39, 0.29) is 69.9 Å². The Morgan fingerprint density at radius 1 is 0.321 bits per heavy atom. The highest BCUT2D eigenvalue weighted by atomic mass is 32.2. The lowest BCUT2D eigenvalue weighted by Gasteiger charge is -2.23. The minimum atomic E-state index is -4.24. The van der Waals surface area contributed by atoms with E-state index in [1.807, 2.05) is 88.1 Å². The minimum absolute atomic E-state index is 0.0710. The second-order valence-corrected chi connectivity index (χ2v) is 43.6. The predicted molar refractivity (Wildman–Crippen MR) is 552 cm³/mol. The van der Waals surface area contributed by atoms with Crippen LogP contribution in [0.3, 0.4) is 0 Å². The molecule has 742 valence electrons. The molecule has 0 aromatic heterocycles. The van der Waals surface area contributed by atoms with E-state index in [0.717, 1.165) is 146 Å². The number of carbonyl (C=O) groups excluding carboxylic acids is 4. The molecule has 0 unspecified atom stereocenters. The van der Waals surface area contributed by atoms with Crippen LogP contribution in [0.25, 0.3) is 10.8 Å². The van der Waals surface area contributed by atoms with Crippen molar-refractivity contribution in [2.45, 2.75) is 303 Å². The van der Waals surface area contributed by atoms with Gasteiger partial charge >= 0.3 is 23.9 Å². The van der Waals surface area contributed by atoms with Crippen LogP contribution >= 0.6 is 0 Å². The molecular weight excluding hydrogens is 1760 g/mol. The summed E-state index contributed by atoms with van der Waals surface area (Å²) in [6.07, 6.45) is 49.2. The highest BCUT2D eigenvalue weighted by molar-refractivity contribution is 7.97. The third-order valence-corrected chi connectivity index (χ3v) is 28.8. The summed E-state index contributed by atoms with van der Waals surface area (Å²) in [5, 5.41) is 1.35. The van der Waals surface area contributed by atoms with Crippen LogP contribution < -0.4 is 4.74 Å². The van der Waals surface area contributed by atoms with E-state index in [9.17, 15) is 52.8 Å². The second-order valence-electron chi connectivity index (χ2n) is 36.0. The zero-order valence-electron chi connectivity index (χ0n) is 84.0. The van der Waals surface area contributed by atoms with Crippen LogP contribution in [0.15, 0.2) is 264 Å². The van der Waals surface area contributed by atoms with Crippen molar-refractivity contribution in [2.75, 3.05) is 73.2 Å². The summed E-state index contributed by atoms with van der Waals surface area (Å²) in [7, 11) is -12.4. The molecule has 0 aliphatic heterocycles. The highest BCUT2D eigenvalue weighted by Gasteiger charge is 2.34. The smallest absolute Gasteiger partial charge is 0.355 e. The van der Waals surface area contributed by atoms with Crippen molar-refractivity contribution in [1.82, 2.24) is 19.6 Å². The quantitative estimate of drug-likeness (QED) is 0.00858. The summed E-state index contributed by atoms with van der Waals surface area (Å²) in [5.41, 5.74) is 2.06. The highest BCUT2D eigenvalue weighted by Crippen LogP contribution is 2.35. The number of fused-ring (bicyclic) bond motifs is 1. The van der Waals surface area contributed by atoms with E-state index in [4.69, 9.17) is 18.9 Å². The van der Waals surface area contributed by atoms with Crippen molar-refractivity contribution in [3.63, 3.8) is 0 Å². The Kier molecular flexibility index (Phi) is 58.3. The van der Waals surface area contributed by atoms with Crippen LogP contribution in [0.1, 0.15) is 282 Å². The molecule has 0 bridgehead atoms. The molecule has 20 nitrogen and oxygen atoms in total. The normalized spacial score (nSPS) is 12.5. The molecule has 6 aromatic carbocycles. The van der Waals surface area contributed by atoms with E-state index >= 15 is 0 Å². The van der Waals surface area contributed by atoms with Crippen molar-refractivity contribution in [3.05, 3.63) is 256 Å². The number of benzene rings is 6. The number of ether oxygens (including phenoxy) is 4. The van der Waals surface area contributed by atoms with Gasteiger partial charge in [0.2, 0.25) is 39.3 Å². The van der Waals surface area contributed by atoms with Gasteiger partial charge in [-0.25, -0.2) is 52.8 Å². The lowest BCUT2D eigenvalue weighted by Crippen LogP contribution is -2.21. The van der Waals surface area contributed by atoms with Gasteiger partial charge in [-0.1, -0.05) is 314 Å². The molecule has 0 radical (unpaired) electrons. The predicted octanol–water partition coefficient (Wildman–Crippen LogP) is 25.8. The fourth-order valence-corrected chi connectivity index (χ4v) is 19.5. The lowest BCUT2D eigenvalue weighted by molar-refractivity contribution is -0.139. The minimum Gasteiger partial charge on any atom is -0.462 e. The Hall–Kier alpha value is -9.62. The number of hydrogen-bond acceptors (Lipinski definition) is 20. The van der Waals surface area contributed by atoms with Gasteiger partial charge in [0.25, 0.3) is 0 Å². The maximum Gasteiger partial charge on any atom is 0.355 e. The first-order chi connectivity index (χ1) is 64.0. The summed E-state index contributed by atoms with van der Waals surface area (Å²) in [4.78, 5) is 58.7. The molecular formula is C110H162N4O16S4. The molecule has 0 fully saturated rings. The maximum absolute atomic E-state index is 14.3. The number of esters is 4. The molecule has 0 aliphatic rings. The molecule has 0 atom stereocenters. The van der Waals surface area contributed by atoms with Gasteiger partial charge in [0.05, 0.1) is 39.4 Å². The fraction of sp³-hybridized carbons (Fsp3) is 0.509. The SMILES string of the molecule is CCCCCCCCCCCCOC(=O)/C(=C/C=C/N(C)C)S(=O)(=O)c1ccccc1.CCCCCCCCOC(=O)/C(=C/C=C/N(CC)CC)S(=O)(=O)c1ccccc1.CCCCCCCCOC(=O)/C(=C/C=C/N(CC)CC)S(=O)(=O)c1ccccc1.CCCCN(/C=C/C=C(/C(=O)Oc1ccc(CC(C)(C)C)cc1CC(C)(C)C)S(=O)(=O)c1cccc2ccccc12)CCCC. The van der Waals surface area contributed by atoms with Crippen LogP contribution in [0, 0.1) is 10.8 Å². The van der Waals surface area contributed by atoms with E-state index in [1.165, 1.54) is 150 Å². The van der Waals surface area contributed by atoms with Gasteiger partial charge in [-0.15, -0.1) is 0 Å². The van der Waals surface area contributed by atoms with Crippen LogP contribution in [-0.2, 0) is 85.6 Å². The third kappa shape index (κ3) is 46.3. The van der Waals surface area contributed by atoms with Crippen molar-refractivity contribution in [1.29, 1.82) is 0 Å². The number of carbonyl (C=O) groups is 4. The van der Waals surface area contributed by atoms with Crippen LogP contribution in [0.4, 0.5) is 0 Å². The van der Waals surface area contributed by atoms with Crippen LogP contribution in [0.2, 0.25) is 0 Å². The number of allylic oxidation sites excluding steroid dienone is 8. The average molecular weight is 1920 g/mol. The summed E-state index contributed by atoms with van der Waals surface area (Å²) in [6.45, 7) is 37.5. The van der Waals surface area contributed by atoms with Gasteiger partial charge in [0.1, 0.15) is 5.75 Å². The molecule has 6 aromatic rings. The molecule has 0 amide bonds. The lowest BCUT2D eigenvalue weighted by atomic mass is 9.84. The van der Waals surface area contributed by atoms with Gasteiger partial charge in [0, 0.05) is 58.8 Å². The molecule has 134 heavy (non-hydrogen) atoms. The van der Waals surface area contributed by atoms with Crippen molar-refractivity contribution >= 4 is 74.0 Å². The molecule has 0 heterocycles. The maximum atomic E-state index is 14.3. The number of unbranched alkanes of at least 4 members (excludes halogenated alkanes) is 21. The monoisotopic (exact) mass is 1920 g/mol. The number of nitrogens with zero attached hydrogens (tertiary/aromatic N) is 4. The summed E-state index contributed by atoms with van der Waals surface area (Å²) >= 11 is 0. The van der Waals surface area contributed by atoms with Gasteiger partial charge in [0.15, 0.2) is 19.6 Å².